The SMILES string of the molecule is CCCC(C)[CH]CC(C)(C)CC. The molecule has 0 heterocycles. The van der Waals surface area contributed by atoms with Gasteiger partial charge in [-0.15, -0.1) is 0 Å². The molecular formula is C12H25. The Kier molecular flexibility index (Phi) is 5.61. The van der Waals surface area contributed by atoms with Crippen LogP contribution in [0.2, 0.25) is 0 Å². The van der Waals surface area contributed by atoms with E-state index >= 15 is 0 Å². The van der Waals surface area contributed by atoms with Crippen LogP contribution < -0.4 is 0 Å². The molecule has 0 aromatic carbocycles. The Bertz CT molecular complexity index is 103. The minimum absolute atomic E-state index is 0.516. The summed E-state index contributed by atoms with van der Waals surface area (Å²) in [6.45, 7) is 11.6. The lowest BCUT2D eigenvalue weighted by atomic mass is 9.82. The summed E-state index contributed by atoms with van der Waals surface area (Å²) in [7, 11) is 0. The predicted molar refractivity (Wildman–Crippen MR) is 57.1 cm³/mol. The fraction of sp³-hybridized carbons (Fsp3) is 0.917. The minimum atomic E-state index is 0.516. The van der Waals surface area contributed by atoms with E-state index in [1.54, 1.807) is 0 Å². The van der Waals surface area contributed by atoms with Crippen molar-refractivity contribution in [3.8, 4) is 0 Å². The number of hydrogen-bond donors (Lipinski definition) is 0. The van der Waals surface area contributed by atoms with Crippen LogP contribution in [-0.4, -0.2) is 0 Å². The highest BCUT2D eigenvalue weighted by Gasteiger charge is 2.15. The molecule has 0 aromatic heterocycles. The van der Waals surface area contributed by atoms with Crippen molar-refractivity contribution in [2.45, 2.75) is 60.3 Å². The molecule has 1 radical (unpaired) electrons. The van der Waals surface area contributed by atoms with Crippen LogP contribution in [0.25, 0.3) is 0 Å². The molecule has 1 atom stereocenters. The molecule has 0 fully saturated rings. The second-order valence-corrected chi connectivity index (χ2v) is 4.72. The van der Waals surface area contributed by atoms with Gasteiger partial charge in [-0.25, -0.2) is 0 Å². The Labute approximate surface area is 78.8 Å². The summed E-state index contributed by atoms with van der Waals surface area (Å²) in [6.07, 6.45) is 7.70. The maximum absolute atomic E-state index is 2.49. The van der Waals surface area contributed by atoms with Crippen LogP contribution in [0.5, 0.6) is 0 Å². The molecule has 0 rings (SSSR count). The average molecular weight is 169 g/mol. The lowest BCUT2D eigenvalue weighted by Gasteiger charge is -2.24. The molecule has 1 unspecified atom stereocenters. The van der Waals surface area contributed by atoms with Crippen LogP contribution in [0.15, 0.2) is 0 Å². The fourth-order valence-electron chi connectivity index (χ4n) is 1.24. The molecule has 0 nitrogen and oxygen atoms in total. The molecular weight excluding hydrogens is 144 g/mol. The van der Waals surface area contributed by atoms with Gasteiger partial charge in [0, 0.05) is 0 Å². The summed E-state index contributed by atoms with van der Waals surface area (Å²) in [5.74, 6) is 0.806. The third kappa shape index (κ3) is 5.62. The first kappa shape index (κ1) is 12.0. The van der Waals surface area contributed by atoms with Crippen molar-refractivity contribution in [1.82, 2.24) is 0 Å². The third-order valence-corrected chi connectivity index (χ3v) is 2.77. The molecule has 12 heavy (non-hydrogen) atoms. The Morgan fingerprint density at radius 3 is 2.25 bits per heavy atom. The van der Waals surface area contributed by atoms with Gasteiger partial charge in [0.15, 0.2) is 0 Å². The summed E-state index contributed by atoms with van der Waals surface area (Å²) in [5, 5.41) is 0. The Hall–Kier alpha value is 0. The highest BCUT2D eigenvalue weighted by Crippen LogP contribution is 2.28. The molecule has 0 aromatic rings. The van der Waals surface area contributed by atoms with E-state index in [1.165, 1.54) is 25.7 Å². The maximum Gasteiger partial charge on any atom is -0.0352 e. The van der Waals surface area contributed by atoms with Gasteiger partial charge in [0.25, 0.3) is 0 Å². The van der Waals surface area contributed by atoms with Crippen LogP contribution in [0.1, 0.15) is 60.3 Å². The van der Waals surface area contributed by atoms with E-state index < -0.39 is 0 Å². The molecule has 0 N–H and O–H groups in total. The van der Waals surface area contributed by atoms with Gasteiger partial charge in [-0.05, 0) is 24.2 Å². The topological polar surface area (TPSA) is 0 Å². The van der Waals surface area contributed by atoms with Crippen molar-refractivity contribution in [3.05, 3.63) is 6.42 Å². The van der Waals surface area contributed by atoms with Crippen LogP contribution in [-0.2, 0) is 0 Å². The zero-order chi connectivity index (χ0) is 9.61. The molecule has 0 saturated heterocycles. The largest absolute Gasteiger partial charge is 0.0654 e. The van der Waals surface area contributed by atoms with Gasteiger partial charge < -0.3 is 0 Å². The smallest absolute Gasteiger partial charge is 0.0352 e. The van der Waals surface area contributed by atoms with Crippen molar-refractivity contribution < 1.29 is 0 Å². The quantitative estimate of drug-likeness (QED) is 0.551. The van der Waals surface area contributed by atoms with Gasteiger partial charge in [-0.3, -0.25) is 0 Å². The first-order valence-electron chi connectivity index (χ1n) is 5.35. The van der Waals surface area contributed by atoms with Gasteiger partial charge in [-0.2, -0.15) is 0 Å². The molecule has 0 spiro atoms. The fourth-order valence-corrected chi connectivity index (χ4v) is 1.24. The monoisotopic (exact) mass is 169 g/mol. The lowest BCUT2D eigenvalue weighted by molar-refractivity contribution is 0.329. The Morgan fingerprint density at radius 2 is 1.83 bits per heavy atom. The number of hydrogen-bond acceptors (Lipinski definition) is 0. The number of rotatable bonds is 6. The van der Waals surface area contributed by atoms with E-state index in [9.17, 15) is 0 Å². The van der Waals surface area contributed by atoms with Crippen molar-refractivity contribution >= 4 is 0 Å². The Balaban J connectivity index is 3.52. The van der Waals surface area contributed by atoms with E-state index in [0.717, 1.165) is 5.92 Å². The second-order valence-electron chi connectivity index (χ2n) is 4.72. The van der Waals surface area contributed by atoms with E-state index in [-0.39, 0.29) is 0 Å². The predicted octanol–water partition coefficient (Wildman–Crippen LogP) is 4.45. The standard InChI is InChI=1S/C12H25/c1-6-8-11(3)9-10-12(4,5)7-2/h9,11H,6-8,10H2,1-5H3. The Morgan fingerprint density at radius 1 is 1.25 bits per heavy atom. The van der Waals surface area contributed by atoms with Gasteiger partial charge >= 0.3 is 0 Å². The summed E-state index contributed by atoms with van der Waals surface area (Å²) in [4.78, 5) is 0. The molecule has 0 bridgehead atoms. The highest BCUT2D eigenvalue weighted by molar-refractivity contribution is 4.80. The van der Waals surface area contributed by atoms with Gasteiger partial charge in [0.2, 0.25) is 0 Å². The summed E-state index contributed by atoms with van der Waals surface area (Å²) >= 11 is 0. The van der Waals surface area contributed by atoms with Crippen LogP contribution in [0, 0.1) is 17.8 Å². The molecule has 0 heteroatoms. The van der Waals surface area contributed by atoms with Crippen molar-refractivity contribution in [3.63, 3.8) is 0 Å². The summed E-state index contributed by atoms with van der Waals surface area (Å²) < 4.78 is 0. The molecule has 73 valence electrons. The normalized spacial score (nSPS) is 14.8. The zero-order valence-electron chi connectivity index (χ0n) is 9.48. The minimum Gasteiger partial charge on any atom is -0.0654 e. The molecule has 0 aliphatic heterocycles. The van der Waals surface area contributed by atoms with Crippen molar-refractivity contribution in [1.29, 1.82) is 0 Å². The van der Waals surface area contributed by atoms with Gasteiger partial charge in [0.1, 0.15) is 0 Å². The van der Waals surface area contributed by atoms with Crippen LogP contribution >= 0.6 is 0 Å². The van der Waals surface area contributed by atoms with Crippen molar-refractivity contribution in [2.24, 2.45) is 11.3 Å². The molecule has 0 aliphatic carbocycles. The van der Waals surface area contributed by atoms with Gasteiger partial charge in [-0.1, -0.05) is 53.9 Å². The zero-order valence-corrected chi connectivity index (χ0v) is 9.48. The van der Waals surface area contributed by atoms with Crippen molar-refractivity contribution in [2.75, 3.05) is 0 Å². The average Bonchev–Trinajstić information content (AvgIpc) is 2.02. The maximum atomic E-state index is 2.49. The third-order valence-electron chi connectivity index (χ3n) is 2.77. The van der Waals surface area contributed by atoms with Gasteiger partial charge in [0.05, 0.1) is 0 Å². The van der Waals surface area contributed by atoms with Crippen LogP contribution in [0.4, 0.5) is 0 Å². The van der Waals surface area contributed by atoms with Crippen LogP contribution in [0.3, 0.4) is 0 Å². The molecule has 0 amide bonds. The van der Waals surface area contributed by atoms with E-state index in [0.29, 0.717) is 5.41 Å². The second kappa shape index (κ2) is 5.61. The lowest BCUT2D eigenvalue weighted by Crippen LogP contribution is -2.11. The summed E-state index contributed by atoms with van der Waals surface area (Å²) in [6, 6.07) is 0. The highest BCUT2D eigenvalue weighted by atomic mass is 14.2. The molecule has 0 saturated carbocycles. The van der Waals surface area contributed by atoms with E-state index in [2.05, 4.69) is 41.0 Å². The molecule has 0 aliphatic rings. The first-order chi connectivity index (χ1) is 5.52. The summed E-state index contributed by atoms with van der Waals surface area (Å²) in [5.41, 5.74) is 0.516. The first-order valence-corrected chi connectivity index (χ1v) is 5.35. The van der Waals surface area contributed by atoms with E-state index in [4.69, 9.17) is 0 Å². The van der Waals surface area contributed by atoms with E-state index in [1.807, 2.05) is 0 Å².